The summed E-state index contributed by atoms with van der Waals surface area (Å²) in [4.78, 5) is 17.6. The van der Waals surface area contributed by atoms with Crippen molar-refractivity contribution in [1.82, 2.24) is 19.9 Å². The van der Waals surface area contributed by atoms with Gasteiger partial charge in [0.2, 0.25) is 11.9 Å². The van der Waals surface area contributed by atoms with Gasteiger partial charge >= 0.3 is 0 Å². The van der Waals surface area contributed by atoms with Gasteiger partial charge in [-0.05, 0) is 36.6 Å². The molecule has 29 heavy (non-hydrogen) atoms. The van der Waals surface area contributed by atoms with Crippen molar-refractivity contribution in [3.8, 4) is 0 Å². The smallest absolute Gasteiger partial charge is 0.234 e. The molecule has 0 bridgehead atoms. The number of rotatable bonds is 6. The standard InChI is InChI=1S/C22H25ClN6/c1-28(20-9-5-8-18(23)14-20)22-25-16-24-21(27-22)26-19-10-12-29(13-11-19)15-17-6-3-2-4-7-17/h2-9,14,16,19H,10-13,15H2,1H3,(H,24,25,26,27). The van der Waals surface area contributed by atoms with Crippen LogP contribution in [0, 0.1) is 0 Å². The summed E-state index contributed by atoms with van der Waals surface area (Å²) in [6.45, 7) is 3.13. The average Bonchev–Trinajstić information content (AvgIpc) is 2.75. The first kappa shape index (κ1) is 19.6. The third-order valence-electron chi connectivity index (χ3n) is 5.22. The third-order valence-corrected chi connectivity index (χ3v) is 5.46. The van der Waals surface area contributed by atoms with Gasteiger partial charge in [0.15, 0.2) is 0 Å². The van der Waals surface area contributed by atoms with Crippen LogP contribution in [0.2, 0.25) is 5.02 Å². The lowest BCUT2D eigenvalue weighted by molar-refractivity contribution is 0.211. The number of aromatic nitrogens is 3. The van der Waals surface area contributed by atoms with Crippen LogP contribution in [0.4, 0.5) is 17.6 Å². The molecule has 1 aromatic heterocycles. The molecule has 4 rings (SSSR count). The molecule has 7 heteroatoms. The summed E-state index contributed by atoms with van der Waals surface area (Å²) in [6.07, 6.45) is 3.69. The summed E-state index contributed by atoms with van der Waals surface area (Å²) < 4.78 is 0. The number of anilines is 3. The SMILES string of the molecule is CN(c1cccc(Cl)c1)c1ncnc(NC2CCN(Cc3ccccc3)CC2)n1. The minimum Gasteiger partial charge on any atom is -0.351 e. The number of nitrogens with one attached hydrogen (secondary N) is 1. The van der Waals surface area contributed by atoms with Gasteiger partial charge in [-0.1, -0.05) is 48.0 Å². The van der Waals surface area contributed by atoms with E-state index in [9.17, 15) is 0 Å². The molecule has 0 amide bonds. The average molecular weight is 409 g/mol. The Bertz CT molecular complexity index is 927. The van der Waals surface area contributed by atoms with Gasteiger partial charge in [-0.2, -0.15) is 4.98 Å². The van der Waals surface area contributed by atoms with E-state index in [-0.39, 0.29) is 0 Å². The highest BCUT2D eigenvalue weighted by Gasteiger charge is 2.20. The third kappa shape index (κ3) is 5.22. The predicted molar refractivity (Wildman–Crippen MR) is 118 cm³/mol. The van der Waals surface area contributed by atoms with E-state index in [1.165, 1.54) is 5.56 Å². The maximum atomic E-state index is 6.10. The lowest BCUT2D eigenvalue weighted by Gasteiger charge is -2.32. The molecule has 3 aromatic rings. The van der Waals surface area contributed by atoms with Crippen LogP contribution in [0.5, 0.6) is 0 Å². The molecule has 2 heterocycles. The Hall–Kier alpha value is -2.70. The summed E-state index contributed by atoms with van der Waals surface area (Å²) in [7, 11) is 1.92. The summed E-state index contributed by atoms with van der Waals surface area (Å²) in [5.41, 5.74) is 2.30. The van der Waals surface area contributed by atoms with Crippen molar-refractivity contribution >= 4 is 29.2 Å². The van der Waals surface area contributed by atoms with Crippen LogP contribution in [0.15, 0.2) is 60.9 Å². The number of piperidine rings is 1. The molecule has 1 aliphatic rings. The van der Waals surface area contributed by atoms with Gasteiger partial charge in [0.25, 0.3) is 0 Å². The molecule has 0 unspecified atom stereocenters. The molecule has 0 spiro atoms. The van der Waals surface area contributed by atoms with E-state index in [0.29, 0.717) is 23.0 Å². The number of hydrogen-bond donors (Lipinski definition) is 1. The van der Waals surface area contributed by atoms with E-state index in [0.717, 1.165) is 38.2 Å². The predicted octanol–water partition coefficient (Wildman–Crippen LogP) is 4.37. The van der Waals surface area contributed by atoms with E-state index < -0.39 is 0 Å². The second-order valence-electron chi connectivity index (χ2n) is 7.33. The Morgan fingerprint density at radius 1 is 1.07 bits per heavy atom. The van der Waals surface area contributed by atoms with E-state index >= 15 is 0 Å². The maximum absolute atomic E-state index is 6.10. The van der Waals surface area contributed by atoms with Crippen LogP contribution in [0.3, 0.4) is 0 Å². The van der Waals surface area contributed by atoms with Gasteiger partial charge < -0.3 is 10.2 Å². The Morgan fingerprint density at radius 3 is 2.62 bits per heavy atom. The van der Waals surface area contributed by atoms with Crippen molar-refractivity contribution in [2.75, 3.05) is 30.4 Å². The van der Waals surface area contributed by atoms with E-state index in [4.69, 9.17) is 11.6 Å². The van der Waals surface area contributed by atoms with Gasteiger partial charge in [0.05, 0.1) is 0 Å². The molecule has 1 N–H and O–H groups in total. The van der Waals surface area contributed by atoms with Gasteiger partial charge in [0, 0.05) is 43.4 Å². The van der Waals surface area contributed by atoms with Crippen LogP contribution < -0.4 is 10.2 Å². The number of nitrogens with zero attached hydrogens (tertiary/aromatic N) is 5. The van der Waals surface area contributed by atoms with Crippen molar-refractivity contribution in [3.05, 3.63) is 71.5 Å². The van der Waals surface area contributed by atoms with Crippen LogP contribution in [0.1, 0.15) is 18.4 Å². The van der Waals surface area contributed by atoms with Crippen LogP contribution in [-0.4, -0.2) is 46.0 Å². The summed E-state index contributed by atoms with van der Waals surface area (Å²) in [6, 6.07) is 18.6. The second-order valence-corrected chi connectivity index (χ2v) is 7.76. The van der Waals surface area contributed by atoms with Crippen LogP contribution in [-0.2, 0) is 6.54 Å². The molecule has 2 aromatic carbocycles. The Balaban J connectivity index is 1.34. The molecule has 0 atom stereocenters. The topological polar surface area (TPSA) is 57.2 Å². The first-order chi connectivity index (χ1) is 14.2. The van der Waals surface area contributed by atoms with Gasteiger partial charge in [-0.25, -0.2) is 9.97 Å². The van der Waals surface area contributed by atoms with Crippen molar-refractivity contribution in [1.29, 1.82) is 0 Å². The molecule has 0 aliphatic carbocycles. The molecule has 1 fully saturated rings. The fourth-order valence-electron chi connectivity index (χ4n) is 3.58. The highest BCUT2D eigenvalue weighted by atomic mass is 35.5. The largest absolute Gasteiger partial charge is 0.351 e. The molecular formula is C22H25ClN6. The first-order valence-electron chi connectivity index (χ1n) is 9.88. The van der Waals surface area contributed by atoms with E-state index in [2.05, 4.69) is 55.5 Å². The van der Waals surface area contributed by atoms with Crippen molar-refractivity contribution in [2.24, 2.45) is 0 Å². The van der Waals surface area contributed by atoms with E-state index in [1.54, 1.807) is 6.33 Å². The van der Waals surface area contributed by atoms with Crippen molar-refractivity contribution in [3.63, 3.8) is 0 Å². The minimum absolute atomic E-state index is 0.369. The fourth-order valence-corrected chi connectivity index (χ4v) is 3.76. The van der Waals surface area contributed by atoms with Crippen molar-refractivity contribution in [2.45, 2.75) is 25.4 Å². The minimum atomic E-state index is 0.369. The highest BCUT2D eigenvalue weighted by Crippen LogP contribution is 2.24. The molecule has 0 radical (unpaired) electrons. The Kier molecular flexibility index (Phi) is 6.22. The molecule has 1 aliphatic heterocycles. The normalized spacial score (nSPS) is 15.2. The van der Waals surface area contributed by atoms with Gasteiger partial charge in [-0.3, -0.25) is 4.90 Å². The zero-order chi connectivity index (χ0) is 20.1. The zero-order valence-electron chi connectivity index (χ0n) is 16.5. The molecule has 1 saturated heterocycles. The molecule has 150 valence electrons. The number of halogens is 1. The van der Waals surface area contributed by atoms with Gasteiger partial charge in [-0.15, -0.1) is 0 Å². The number of benzene rings is 2. The lowest BCUT2D eigenvalue weighted by Crippen LogP contribution is -2.39. The number of hydrogen-bond acceptors (Lipinski definition) is 6. The van der Waals surface area contributed by atoms with Gasteiger partial charge in [0.1, 0.15) is 6.33 Å². The van der Waals surface area contributed by atoms with Crippen LogP contribution in [0.25, 0.3) is 0 Å². The zero-order valence-corrected chi connectivity index (χ0v) is 17.3. The molecular weight excluding hydrogens is 384 g/mol. The summed E-state index contributed by atoms with van der Waals surface area (Å²) in [5.74, 6) is 1.21. The van der Waals surface area contributed by atoms with E-state index in [1.807, 2.05) is 36.2 Å². The summed E-state index contributed by atoms with van der Waals surface area (Å²) >= 11 is 6.10. The Labute approximate surface area is 176 Å². The molecule has 6 nitrogen and oxygen atoms in total. The highest BCUT2D eigenvalue weighted by molar-refractivity contribution is 6.30. The number of likely N-dealkylation sites (tertiary alicyclic amines) is 1. The second kappa shape index (κ2) is 9.20. The first-order valence-corrected chi connectivity index (χ1v) is 10.3. The monoisotopic (exact) mass is 408 g/mol. The van der Waals surface area contributed by atoms with Crippen molar-refractivity contribution < 1.29 is 0 Å². The summed E-state index contributed by atoms with van der Waals surface area (Å²) in [5, 5.41) is 4.17. The maximum Gasteiger partial charge on any atom is 0.234 e. The lowest BCUT2D eigenvalue weighted by atomic mass is 10.0. The van der Waals surface area contributed by atoms with Crippen LogP contribution >= 0.6 is 11.6 Å². The Morgan fingerprint density at radius 2 is 1.86 bits per heavy atom. The fraction of sp³-hybridized carbons (Fsp3) is 0.318. The molecule has 0 saturated carbocycles. The quantitative estimate of drug-likeness (QED) is 0.653.